The van der Waals surface area contributed by atoms with E-state index >= 15 is 0 Å². The first-order valence-electron chi connectivity index (χ1n) is 6.60. The van der Waals surface area contributed by atoms with Crippen LogP contribution in [0.5, 0.6) is 0 Å². The molecule has 1 N–H and O–H groups in total. The maximum absolute atomic E-state index is 11.9. The highest BCUT2D eigenvalue weighted by molar-refractivity contribution is 5.81. The number of hydrogen-bond donors (Lipinski definition) is 1. The maximum Gasteiger partial charge on any atom is 0.225 e. The molecular weight excluding hydrogens is 250 g/mol. The number of carbonyl (C=O) groups excluding carboxylic acids is 1. The molecule has 0 aliphatic rings. The fourth-order valence-electron chi connectivity index (χ4n) is 1.71. The van der Waals surface area contributed by atoms with Crippen molar-refractivity contribution in [1.82, 2.24) is 15.3 Å². The van der Waals surface area contributed by atoms with Crippen molar-refractivity contribution in [3.8, 4) is 11.3 Å². The molecule has 0 aromatic carbocycles. The number of nitrogens with one attached hydrogen (secondary N) is 1. The molecule has 2 heterocycles. The monoisotopic (exact) mass is 269 g/mol. The smallest absolute Gasteiger partial charge is 0.225 e. The summed E-state index contributed by atoms with van der Waals surface area (Å²) in [6.45, 7) is 6.21. The summed E-state index contributed by atoms with van der Waals surface area (Å²) in [6.07, 6.45) is 5.24. The first-order chi connectivity index (χ1) is 9.47. The second kappa shape index (κ2) is 5.82. The highest BCUT2D eigenvalue weighted by Gasteiger charge is 2.20. The van der Waals surface area contributed by atoms with Gasteiger partial charge >= 0.3 is 0 Å². The largest absolute Gasteiger partial charge is 0.352 e. The maximum atomic E-state index is 11.9. The molecule has 0 fully saturated rings. The lowest BCUT2D eigenvalue weighted by Gasteiger charge is -2.17. The van der Waals surface area contributed by atoms with Crippen LogP contribution in [0.15, 0.2) is 42.9 Å². The Balaban J connectivity index is 2.10. The van der Waals surface area contributed by atoms with Gasteiger partial charge in [-0.1, -0.05) is 20.8 Å². The van der Waals surface area contributed by atoms with Gasteiger partial charge in [-0.05, 0) is 29.8 Å². The van der Waals surface area contributed by atoms with Crippen LogP contribution in [-0.4, -0.2) is 15.9 Å². The van der Waals surface area contributed by atoms with Gasteiger partial charge in [-0.3, -0.25) is 14.8 Å². The number of hydrogen-bond acceptors (Lipinski definition) is 3. The molecule has 4 heteroatoms. The summed E-state index contributed by atoms with van der Waals surface area (Å²) in [5, 5.41) is 2.94. The number of carbonyl (C=O) groups is 1. The number of amides is 1. The van der Waals surface area contributed by atoms with Gasteiger partial charge in [0, 0.05) is 36.1 Å². The third-order valence-electron chi connectivity index (χ3n) is 2.93. The molecule has 2 rings (SSSR count). The minimum Gasteiger partial charge on any atom is -0.352 e. The summed E-state index contributed by atoms with van der Waals surface area (Å²) in [5.41, 5.74) is 2.56. The normalized spacial score (nSPS) is 11.2. The second-order valence-corrected chi connectivity index (χ2v) is 5.72. The number of nitrogens with zero attached hydrogens (tertiary/aromatic N) is 2. The second-order valence-electron chi connectivity index (χ2n) is 5.72. The fourth-order valence-corrected chi connectivity index (χ4v) is 1.71. The van der Waals surface area contributed by atoms with Gasteiger partial charge in [0.25, 0.3) is 0 Å². The number of pyridine rings is 2. The molecule has 0 aliphatic heterocycles. The van der Waals surface area contributed by atoms with Crippen LogP contribution in [0.1, 0.15) is 26.3 Å². The van der Waals surface area contributed by atoms with Crippen molar-refractivity contribution in [3.05, 3.63) is 48.4 Å². The van der Waals surface area contributed by atoms with Crippen molar-refractivity contribution in [1.29, 1.82) is 0 Å². The molecule has 0 spiro atoms. The third kappa shape index (κ3) is 3.63. The van der Waals surface area contributed by atoms with Gasteiger partial charge in [0.15, 0.2) is 0 Å². The lowest BCUT2D eigenvalue weighted by Crippen LogP contribution is -2.34. The van der Waals surface area contributed by atoms with Gasteiger partial charge in [0.2, 0.25) is 5.91 Å². The standard InChI is InChI=1S/C16H19N3O/c1-16(2,3)15(20)19-11-12-4-9-18-14(10-12)13-5-7-17-8-6-13/h4-10H,11H2,1-3H3,(H,19,20). The van der Waals surface area contributed by atoms with E-state index in [0.29, 0.717) is 6.54 Å². The molecule has 4 nitrogen and oxygen atoms in total. The molecular formula is C16H19N3O. The average molecular weight is 269 g/mol. The first kappa shape index (κ1) is 14.2. The molecule has 0 saturated heterocycles. The summed E-state index contributed by atoms with van der Waals surface area (Å²) >= 11 is 0. The lowest BCUT2D eigenvalue weighted by atomic mass is 9.95. The quantitative estimate of drug-likeness (QED) is 0.932. The molecule has 2 aromatic rings. The molecule has 0 saturated carbocycles. The van der Waals surface area contributed by atoms with E-state index in [2.05, 4.69) is 15.3 Å². The molecule has 0 radical (unpaired) electrons. The van der Waals surface area contributed by atoms with Gasteiger partial charge in [-0.25, -0.2) is 0 Å². The van der Waals surface area contributed by atoms with Crippen molar-refractivity contribution in [2.45, 2.75) is 27.3 Å². The predicted octanol–water partition coefficient (Wildman–Crippen LogP) is 2.81. The zero-order valence-corrected chi connectivity index (χ0v) is 12.1. The predicted molar refractivity (Wildman–Crippen MR) is 78.8 cm³/mol. The van der Waals surface area contributed by atoms with Crippen LogP contribution in [0.3, 0.4) is 0 Å². The van der Waals surface area contributed by atoms with Crippen LogP contribution in [0.2, 0.25) is 0 Å². The number of aromatic nitrogens is 2. The summed E-state index contributed by atoms with van der Waals surface area (Å²) in [5.74, 6) is 0.0415. The fraction of sp³-hybridized carbons (Fsp3) is 0.312. The average Bonchev–Trinajstić information content (AvgIpc) is 2.45. The van der Waals surface area contributed by atoms with Crippen molar-refractivity contribution in [3.63, 3.8) is 0 Å². The van der Waals surface area contributed by atoms with Gasteiger partial charge < -0.3 is 5.32 Å². The van der Waals surface area contributed by atoms with Crippen LogP contribution in [0.4, 0.5) is 0 Å². The SMILES string of the molecule is CC(C)(C)C(=O)NCc1ccnc(-c2ccncc2)c1. The molecule has 20 heavy (non-hydrogen) atoms. The van der Waals surface area contributed by atoms with Crippen LogP contribution in [-0.2, 0) is 11.3 Å². The van der Waals surface area contributed by atoms with E-state index in [4.69, 9.17) is 0 Å². The van der Waals surface area contributed by atoms with Crippen molar-refractivity contribution < 1.29 is 4.79 Å². The Morgan fingerprint density at radius 2 is 1.85 bits per heavy atom. The molecule has 1 amide bonds. The Morgan fingerprint density at radius 1 is 1.15 bits per heavy atom. The topological polar surface area (TPSA) is 54.9 Å². The minimum absolute atomic E-state index is 0.0415. The van der Waals surface area contributed by atoms with Gasteiger partial charge in [0.1, 0.15) is 0 Å². The minimum atomic E-state index is -0.374. The first-order valence-corrected chi connectivity index (χ1v) is 6.60. The van der Waals surface area contributed by atoms with Crippen LogP contribution in [0.25, 0.3) is 11.3 Å². The molecule has 0 bridgehead atoms. The molecule has 2 aromatic heterocycles. The van der Waals surface area contributed by atoms with Crippen LogP contribution in [0, 0.1) is 5.41 Å². The van der Waals surface area contributed by atoms with Crippen molar-refractivity contribution in [2.24, 2.45) is 5.41 Å². The summed E-state index contributed by atoms with van der Waals surface area (Å²) < 4.78 is 0. The Labute approximate surface area is 119 Å². The van der Waals surface area contributed by atoms with E-state index in [9.17, 15) is 4.79 Å². The Kier molecular flexibility index (Phi) is 4.13. The van der Waals surface area contributed by atoms with Crippen LogP contribution >= 0.6 is 0 Å². The molecule has 0 atom stereocenters. The third-order valence-corrected chi connectivity index (χ3v) is 2.93. The zero-order chi connectivity index (χ0) is 14.6. The molecule has 0 aliphatic carbocycles. The summed E-state index contributed by atoms with van der Waals surface area (Å²) in [6, 6.07) is 7.73. The van der Waals surface area contributed by atoms with Crippen molar-refractivity contribution >= 4 is 5.91 Å². The Morgan fingerprint density at radius 3 is 2.50 bits per heavy atom. The highest BCUT2D eigenvalue weighted by Crippen LogP contribution is 2.17. The highest BCUT2D eigenvalue weighted by atomic mass is 16.2. The van der Waals surface area contributed by atoms with E-state index in [-0.39, 0.29) is 11.3 Å². The molecule has 0 unspecified atom stereocenters. The Hall–Kier alpha value is -2.23. The van der Waals surface area contributed by atoms with Gasteiger partial charge in [-0.2, -0.15) is 0 Å². The summed E-state index contributed by atoms with van der Waals surface area (Å²) in [7, 11) is 0. The van der Waals surface area contributed by atoms with Crippen LogP contribution < -0.4 is 5.32 Å². The van der Waals surface area contributed by atoms with Gasteiger partial charge in [-0.15, -0.1) is 0 Å². The van der Waals surface area contributed by atoms with E-state index < -0.39 is 0 Å². The van der Waals surface area contributed by atoms with E-state index in [1.165, 1.54) is 0 Å². The van der Waals surface area contributed by atoms with E-state index in [1.807, 2.05) is 45.0 Å². The van der Waals surface area contributed by atoms with Gasteiger partial charge in [0.05, 0.1) is 5.69 Å². The zero-order valence-electron chi connectivity index (χ0n) is 12.1. The lowest BCUT2D eigenvalue weighted by molar-refractivity contribution is -0.128. The Bertz CT molecular complexity index is 588. The molecule has 104 valence electrons. The number of rotatable bonds is 3. The van der Waals surface area contributed by atoms with E-state index in [1.54, 1.807) is 18.6 Å². The van der Waals surface area contributed by atoms with E-state index in [0.717, 1.165) is 16.8 Å². The van der Waals surface area contributed by atoms with Crippen molar-refractivity contribution in [2.75, 3.05) is 0 Å². The summed E-state index contributed by atoms with van der Waals surface area (Å²) in [4.78, 5) is 20.2.